The summed E-state index contributed by atoms with van der Waals surface area (Å²) in [4.78, 5) is 25.1. The number of hydrogen-bond acceptors (Lipinski definition) is 4. The average molecular weight is 271 g/mol. The topological polar surface area (TPSA) is 69.4 Å². The van der Waals surface area contributed by atoms with Gasteiger partial charge in [0.1, 0.15) is 5.57 Å². The molecule has 1 saturated carbocycles. The maximum absolute atomic E-state index is 12.6. The smallest absolute Gasteiger partial charge is 0.215 e. The van der Waals surface area contributed by atoms with Crippen LogP contribution in [0.4, 0.5) is 0 Å². The number of ketones is 2. The van der Waals surface area contributed by atoms with Gasteiger partial charge < -0.3 is 10.5 Å². The molecule has 0 aromatic heterocycles. The van der Waals surface area contributed by atoms with Crippen LogP contribution in [0, 0.1) is 0 Å². The summed E-state index contributed by atoms with van der Waals surface area (Å²) in [5.74, 6) is -0.579. The molecule has 0 amide bonds. The van der Waals surface area contributed by atoms with Crippen molar-refractivity contribution < 1.29 is 14.3 Å². The monoisotopic (exact) mass is 271 g/mol. The third-order valence-corrected chi connectivity index (χ3v) is 4.12. The van der Waals surface area contributed by atoms with E-state index in [1.54, 1.807) is 24.3 Å². The van der Waals surface area contributed by atoms with Crippen LogP contribution in [0.2, 0.25) is 0 Å². The lowest BCUT2D eigenvalue weighted by atomic mass is 9.79. The molecule has 0 saturated heterocycles. The van der Waals surface area contributed by atoms with Gasteiger partial charge >= 0.3 is 0 Å². The van der Waals surface area contributed by atoms with Crippen molar-refractivity contribution in [3.8, 4) is 0 Å². The van der Waals surface area contributed by atoms with Crippen LogP contribution in [-0.4, -0.2) is 17.2 Å². The van der Waals surface area contributed by atoms with Crippen molar-refractivity contribution in [3.05, 3.63) is 47.4 Å². The minimum absolute atomic E-state index is 0.00856. The fourth-order valence-corrected chi connectivity index (χ4v) is 3.05. The number of hydrogen-bond donors (Lipinski definition) is 1. The number of Topliss-reactive ketones (excluding diaryl/α,β-unsaturated/α-hetero) is 2. The Morgan fingerprint density at radius 2 is 1.75 bits per heavy atom. The lowest BCUT2D eigenvalue weighted by molar-refractivity contribution is -0.133. The van der Waals surface area contributed by atoms with Crippen molar-refractivity contribution in [2.24, 2.45) is 5.73 Å². The molecule has 1 aliphatic carbocycles. The quantitative estimate of drug-likeness (QED) is 0.662. The molecule has 3 rings (SSSR count). The van der Waals surface area contributed by atoms with Gasteiger partial charge in [-0.05, 0) is 25.7 Å². The molecule has 1 aliphatic heterocycles. The molecule has 2 N–H and O–H groups in total. The summed E-state index contributed by atoms with van der Waals surface area (Å²) in [5.41, 5.74) is 5.45. The van der Waals surface area contributed by atoms with E-state index >= 15 is 0 Å². The molecular weight excluding hydrogens is 254 g/mol. The second-order valence-electron chi connectivity index (χ2n) is 5.42. The van der Waals surface area contributed by atoms with Gasteiger partial charge in [-0.3, -0.25) is 9.59 Å². The van der Waals surface area contributed by atoms with Gasteiger partial charge in [0.25, 0.3) is 0 Å². The highest BCUT2D eigenvalue weighted by molar-refractivity contribution is 6.29. The number of carbonyl (C=O) groups excluding carboxylic acids is 2. The van der Waals surface area contributed by atoms with Gasteiger partial charge in [-0.1, -0.05) is 36.8 Å². The molecule has 4 nitrogen and oxygen atoms in total. The third kappa shape index (κ3) is 1.92. The summed E-state index contributed by atoms with van der Waals surface area (Å²) in [6, 6.07) is 8.72. The van der Waals surface area contributed by atoms with Crippen molar-refractivity contribution in [2.45, 2.75) is 37.7 Å². The van der Waals surface area contributed by atoms with E-state index in [1.807, 2.05) is 6.07 Å². The summed E-state index contributed by atoms with van der Waals surface area (Å²) in [5, 5.41) is 0. The lowest BCUT2D eigenvalue weighted by Crippen LogP contribution is -2.40. The molecule has 1 heterocycles. The second-order valence-corrected chi connectivity index (χ2v) is 5.42. The second kappa shape index (κ2) is 4.78. The van der Waals surface area contributed by atoms with Crippen LogP contribution in [0.25, 0.3) is 0 Å². The Morgan fingerprint density at radius 3 is 2.40 bits per heavy atom. The zero-order chi connectivity index (χ0) is 14.2. The number of benzene rings is 1. The minimum Gasteiger partial charge on any atom is -0.464 e. The van der Waals surface area contributed by atoms with Gasteiger partial charge in [-0.15, -0.1) is 0 Å². The van der Waals surface area contributed by atoms with E-state index in [2.05, 4.69) is 0 Å². The highest BCUT2D eigenvalue weighted by Gasteiger charge is 2.51. The van der Waals surface area contributed by atoms with Gasteiger partial charge in [-0.2, -0.15) is 0 Å². The number of carbonyl (C=O) groups is 2. The van der Waals surface area contributed by atoms with Crippen LogP contribution in [-0.2, 0) is 9.53 Å². The number of rotatable bonds is 2. The van der Waals surface area contributed by atoms with Crippen LogP contribution in [0.15, 0.2) is 41.8 Å². The molecule has 0 radical (unpaired) electrons. The molecule has 0 bridgehead atoms. The molecule has 20 heavy (non-hydrogen) atoms. The molecule has 1 aromatic carbocycles. The van der Waals surface area contributed by atoms with Crippen molar-refractivity contribution in [1.29, 1.82) is 0 Å². The SMILES string of the molecule is NC1=C(C(=O)c2ccccc2)C(=O)C2(CCCCC2)O1. The van der Waals surface area contributed by atoms with E-state index in [4.69, 9.17) is 10.5 Å². The minimum atomic E-state index is -0.873. The highest BCUT2D eigenvalue weighted by atomic mass is 16.5. The van der Waals surface area contributed by atoms with Gasteiger partial charge in [0.05, 0.1) is 0 Å². The van der Waals surface area contributed by atoms with Crippen LogP contribution >= 0.6 is 0 Å². The molecule has 104 valence electrons. The van der Waals surface area contributed by atoms with E-state index in [1.165, 1.54) is 0 Å². The Hall–Kier alpha value is -2.10. The first kappa shape index (κ1) is 12.9. The fourth-order valence-electron chi connectivity index (χ4n) is 3.05. The normalized spacial score (nSPS) is 21.1. The van der Waals surface area contributed by atoms with Crippen molar-refractivity contribution in [2.75, 3.05) is 0 Å². The standard InChI is InChI=1S/C16H17NO3/c17-15-12(13(18)11-7-3-1-4-8-11)14(19)16(20-15)9-5-2-6-10-16/h1,3-4,7-8H,2,5-6,9-10,17H2. The summed E-state index contributed by atoms with van der Waals surface area (Å²) >= 11 is 0. The molecule has 0 unspecified atom stereocenters. The van der Waals surface area contributed by atoms with E-state index in [0.717, 1.165) is 19.3 Å². The molecule has 1 fully saturated rings. The van der Waals surface area contributed by atoms with E-state index in [9.17, 15) is 9.59 Å². The Morgan fingerprint density at radius 1 is 1.10 bits per heavy atom. The van der Waals surface area contributed by atoms with Crippen molar-refractivity contribution in [3.63, 3.8) is 0 Å². The summed E-state index contributed by atoms with van der Waals surface area (Å²) in [7, 11) is 0. The molecule has 0 atom stereocenters. The first-order valence-corrected chi connectivity index (χ1v) is 6.97. The Bertz CT molecular complexity index is 583. The maximum atomic E-state index is 12.6. The number of nitrogens with two attached hydrogens (primary N) is 1. The lowest BCUT2D eigenvalue weighted by Gasteiger charge is -2.31. The van der Waals surface area contributed by atoms with Crippen molar-refractivity contribution in [1.82, 2.24) is 0 Å². The molecule has 1 aromatic rings. The van der Waals surface area contributed by atoms with Crippen LogP contribution in [0.1, 0.15) is 42.5 Å². The molecular formula is C16H17NO3. The third-order valence-electron chi connectivity index (χ3n) is 4.12. The first-order valence-electron chi connectivity index (χ1n) is 6.97. The maximum Gasteiger partial charge on any atom is 0.215 e. The zero-order valence-corrected chi connectivity index (χ0v) is 11.2. The van der Waals surface area contributed by atoms with Gasteiger partial charge in [0.2, 0.25) is 11.6 Å². The largest absolute Gasteiger partial charge is 0.464 e. The fraction of sp³-hybridized carbons (Fsp3) is 0.375. The average Bonchev–Trinajstić information content (AvgIpc) is 2.71. The first-order chi connectivity index (χ1) is 9.64. The van der Waals surface area contributed by atoms with E-state index in [0.29, 0.717) is 18.4 Å². The Labute approximate surface area is 117 Å². The molecule has 4 heteroatoms. The summed E-state index contributed by atoms with van der Waals surface area (Å²) in [6.07, 6.45) is 4.27. The van der Waals surface area contributed by atoms with Crippen LogP contribution < -0.4 is 5.73 Å². The van der Waals surface area contributed by atoms with E-state index < -0.39 is 5.60 Å². The molecule has 1 spiro atoms. The number of ether oxygens (including phenoxy) is 1. The van der Waals surface area contributed by atoms with E-state index in [-0.39, 0.29) is 23.0 Å². The van der Waals surface area contributed by atoms with Gasteiger partial charge in [0.15, 0.2) is 11.5 Å². The Balaban J connectivity index is 1.92. The highest BCUT2D eigenvalue weighted by Crippen LogP contribution is 2.40. The van der Waals surface area contributed by atoms with Crippen molar-refractivity contribution >= 4 is 11.6 Å². The predicted octanol–water partition coefficient (Wildman–Crippen LogP) is 2.34. The van der Waals surface area contributed by atoms with Gasteiger partial charge in [-0.25, -0.2) is 0 Å². The van der Waals surface area contributed by atoms with Crippen LogP contribution in [0.5, 0.6) is 0 Å². The molecule has 2 aliphatic rings. The van der Waals surface area contributed by atoms with Gasteiger partial charge in [0, 0.05) is 5.56 Å². The Kier molecular flexibility index (Phi) is 3.08. The summed E-state index contributed by atoms with van der Waals surface area (Å²) in [6.45, 7) is 0. The predicted molar refractivity (Wildman–Crippen MR) is 73.9 cm³/mol. The summed E-state index contributed by atoms with van der Waals surface area (Å²) < 4.78 is 5.64. The zero-order valence-electron chi connectivity index (χ0n) is 11.2. The van der Waals surface area contributed by atoms with Crippen LogP contribution in [0.3, 0.4) is 0 Å².